The average Bonchev–Trinajstić information content (AvgIpc) is 3.48. The second kappa shape index (κ2) is 7.70. The van der Waals surface area contributed by atoms with Gasteiger partial charge in [-0.3, -0.25) is 14.4 Å². The second-order valence-electron chi connectivity index (χ2n) is 9.62. The maximum atomic E-state index is 13.8. The molecule has 34 heavy (non-hydrogen) atoms. The minimum Gasteiger partial charge on any atom is -0.342 e. The Bertz CT molecular complexity index is 1200. The Morgan fingerprint density at radius 3 is 2.47 bits per heavy atom. The van der Waals surface area contributed by atoms with Crippen LogP contribution in [0.2, 0.25) is 0 Å². The summed E-state index contributed by atoms with van der Waals surface area (Å²) in [6, 6.07) is 8.23. The van der Waals surface area contributed by atoms with Crippen LogP contribution in [-0.4, -0.2) is 52.3 Å². The van der Waals surface area contributed by atoms with E-state index in [0.717, 1.165) is 11.6 Å². The van der Waals surface area contributed by atoms with Crippen LogP contribution in [0.1, 0.15) is 70.0 Å². The molecule has 176 valence electrons. The van der Waals surface area contributed by atoms with Gasteiger partial charge in [-0.1, -0.05) is 12.1 Å². The van der Waals surface area contributed by atoms with Gasteiger partial charge in [0.25, 0.3) is 11.8 Å². The van der Waals surface area contributed by atoms with Gasteiger partial charge in [-0.25, -0.2) is 8.78 Å². The van der Waals surface area contributed by atoms with Crippen LogP contribution in [0.15, 0.2) is 36.4 Å². The van der Waals surface area contributed by atoms with Gasteiger partial charge in [0.15, 0.2) is 11.4 Å². The first-order valence-electron chi connectivity index (χ1n) is 11.8. The molecule has 6 nitrogen and oxygen atoms in total. The lowest BCUT2D eigenvalue weighted by Gasteiger charge is -2.37. The van der Waals surface area contributed by atoms with Gasteiger partial charge in [0.1, 0.15) is 17.9 Å². The van der Waals surface area contributed by atoms with Gasteiger partial charge < -0.3 is 14.5 Å². The van der Waals surface area contributed by atoms with Crippen molar-refractivity contribution in [1.29, 1.82) is 0 Å². The van der Waals surface area contributed by atoms with Crippen molar-refractivity contribution in [2.75, 3.05) is 13.1 Å². The number of carbonyl (C=O) groups is 3. The van der Waals surface area contributed by atoms with Gasteiger partial charge in [0.05, 0.1) is 6.04 Å². The van der Waals surface area contributed by atoms with Crippen molar-refractivity contribution >= 4 is 17.6 Å². The maximum Gasteiger partial charge on any atom is 0.257 e. The Morgan fingerprint density at radius 2 is 1.74 bits per heavy atom. The average molecular weight is 466 g/mol. The molecule has 3 aliphatic heterocycles. The van der Waals surface area contributed by atoms with E-state index >= 15 is 0 Å². The van der Waals surface area contributed by atoms with Crippen LogP contribution in [0, 0.1) is 11.6 Å². The summed E-state index contributed by atoms with van der Waals surface area (Å²) in [4.78, 5) is 42.2. The van der Waals surface area contributed by atoms with Gasteiger partial charge in [0.2, 0.25) is 0 Å². The normalized spacial score (nSPS) is 25.2. The minimum atomic E-state index is -1.01. The lowest BCUT2D eigenvalue weighted by Crippen LogP contribution is -2.51. The maximum absolute atomic E-state index is 13.8. The molecule has 2 amide bonds. The number of rotatable bonds is 2. The van der Waals surface area contributed by atoms with Crippen molar-refractivity contribution < 1.29 is 27.9 Å². The molecule has 1 aliphatic carbocycles. The number of carbonyl (C=O) groups excluding carboxylic acids is 3. The van der Waals surface area contributed by atoms with E-state index in [2.05, 4.69) is 0 Å². The number of benzene rings is 2. The molecular weight excluding hydrogens is 442 g/mol. The van der Waals surface area contributed by atoms with Crippen LogP contribution in [0.3, 0.4) is 0 Å². The van der Waals surface area contributed by atoms with Crippen molar-refractivity contribution in [3.8, 4) is 0 Å². The van der Waals surface area contributed by atoms with Crippen LogP contribution < -0.4 is 0 Å². The van der Waals surface area contributed by atoms with Crippen LogP contribution >= 0.6 is 0 Å². The summed E-state index contributed by atoms with van der Waals surface area (Å²) in [7, 11) is 0. The monoisotopic (exact) mass is 466 g/mol. The number of fused-ring (bicyclic) bond motifs is 2. The van der Waals surface area contributed by atoms with Gasteiger partial charge in [0, 0.05) is 49.5 Å². The number of hydrogen-bond acceptors (Lipinski definition) is 4. The van der Waals surface area contributed by atoms with Gasteiger partial charge in [-0.05, 0) is 48.6 Å². The van der Waals surface area contributed by atoms with E-state index in [1.54, 1.807) is 28.0 Å². The summed E-state index contributed by atoms with van der Waals surface area (Å²) in [5.41, 5.74) is 1.44. The molecule has 3 saturated heterocycles. The number of amides is 2. The second-order valence-corrected chi connectivity index (χ2v) is 9.62. The molecule has 0 aromatic heterocycles. The largest absolute Gasteiger partial charge is 0.342 e. The van der Waals surface area contributed by atoms with E-state index in [4.69, 9.17) is 4.74 Å². The summed E-state index contributed by atoms with van der Waals surface area (Å²) in [5, 5.41) is 0. The fraction of sp³-hybridized carbons (Fsp3) is 0.423. The number of ether oxygens (including phenoxy) is 1. The minimum absolute atomic E-state index is 0.0699. The highest BCUT2D eigenvalue weighted by molar-refractivity contribution is 6.05. The van der Waals surface area contributed by atoms with E-state index in [0.29, 0.717) is 68.3 Å². The van der Waals surface area contributed by atoms with Crippen LogP contribution in [0.4, 0.5) is 8.78 Å². The molecule has 3 heterocycles. The molecule has 6 rings (SSSR count). The van der Waals surface area contributed by atoms with Gasteiger partial charge in [-0.15, -0.1) is 0 Å². The number of ketones is 1. The van der Waals surface area contributed by atoms with Crippen LogP contribution in [0.5, 0.6) is 0 Å². The van der Waals surface area contributed by atoms with Crippen molar-refractivity contribution in [1.82, 2.24) is 9.80 Å². The summed E-state index contributed by atoms with van der Waals surface area (Å²) in [6.07, 6.45) is 2.49. The Morgan fingerprint density at radius 1 is 1.00 bits per heavy atom. The highest BCUT2D eigenvalue weighted by Crippen LogP contribution is 2.48. The Labute approximate surface area is 195 Å². The van der Waals surface area contributed by atoms with E-state index in [-0.39, 0.29) is 17.6 Å². The molecule has 1 spiro atoms. The number of likely N-dealkylation sites (tertiary alicyclic amines) is 1. The lowest BCUT2D eigenvalue weighted by atomic mass is 9.89. The molecule has 2 atom stereocenters. The summed E-state index contributed by atoms with van der Waals surface area (Å²) in [6.45, 7) is 0.726. The van der Waals surface area contributed by atoms with Crippen LogP contribution in [0.25, 0.3) is 0 Å². The van der Waals surface area contributed by atoms with E-state index in [1.165, 1.54) is 12.1 Å². The molecule has 2 aromatic carbocycles. The van der Waals surface area contributed by atoms with Crippen molar-refractivity contribution in [3.63, 3.8) is 0 Å². The predicted octanol–water partition coefficient (Wildman–Crippen LogP) is 3.79. The zero-order valence-corrected chi connectivity index (χ0v) is 18.6. The topological polar surface area (TPSA) is 66.9 Å². The zero-order chi connectivity index (χ0) is 23.6. The SMILES string of the molecule is O=C1CCc2c1cccc2C(=O)N1CCC2(CC1)OC1CCC(c3cc(F)cc(F)c3)N1C2=O. The molecule has 2 unspecified atom stereocenters. The number of nitrogens with zero attached hydrogens (tertiary/aromatic N) is 2. The molecule has 8 heteroatoms. The molecule has 2 aromatic rings. The van der Waals surface area contributed by atoms with Crippen molar-refractivity contribution in [3.05, 3.63) is 70.3 Å². The highest BCUT2D eigenvalue weighted by Gasteiger charge is 2.58. The molecule has 3 fully saturated rings. The molecule has 0 N–H and O–H groups in total. The summed E-state index contributed by atoms with van der Waals surface area (Å²) >= 11 is 0. The molecule has 0 saturated carbocycles. The molecule has 4 aliphatic rings. The summed E-state index contributed by atoms with van der Waals surface area (Å²) in [5.74, 6) is -1.55. The number of halogens is 2. The predicted molar refractivity (Wildman–Crippen MR) is 117 cm³/mol. The van der Waals surface area contributed by atoms with Crippen LogP contribution in [-0.2, 0) is 16.0 Å². The van der Waals surface area contributed by atoms with Gasteiger partial charge in [-0.2, -0.15) is 0 Å². The highest BCUT2D eigenvalue weighted by atomic mass is 19.1. The first kappa shape index (κ1) is 21.4. The quantitative estimate of drug-likeness (QED) is 0.676. The number of hydrogen-bond donors (Lipinski definition) is 0. The third-order valence-corrected chi connectivity index (χ3v) is 7.76. The van der Waals surface area contributed by atoms with E-state index in [9.17, 15) is 23.2 Å². The molecule has 0 radical (unpaired) electrons. The fourth-order valence-corrected chi connectivity index (χ4v) is 6.07. The van der Waals surface area contributed by atoms with Crippen molar-refractivity contribution in [2.24, 2.45) is 0 Å². The molecule has 0 bridgehead atoms. The Balaban J connectivity index is 1.19. The first-order chi connectivity index (χ1) is 16.4. The number of piperidine rings is 1. The Hall–Kier alpha value is -3.13. The lowest BCUT2D eigenvalue weighted by molar-refractivity contribution is -0.142. The third kappa shape index (κ3) is 3.19. The fourth-order valence-electron chi connectivity index (χ4n) is 6.07. The Kier molecular flexibility index (Phi) is 4.85. The smallest absolute Gasteiger partial charge is 0.257 e. The van der Waals surface area contributed by atoms with Gasteiger partial charge >= 0.3 is 0 Å². The summed E-state index contributed by atoms with van der Waals surface area (Å²) < 4.78 is 33.9. The first-order valence-corrected chi connectivity index (χ1v) is 11.8. The zero-order valence-electron chi connectivity index (χ0n) is 18.6. The number of Topliss-reactive ketones (excluding diaryl/α,β-unsaturated/α-hetero) is 1. The third-order valence-electron chi connectivity index (χ3n) is 7.76. The van der Waals surface area contributed by atoms with E-state index < -0.39 is 29.5 Å². The molecular formula is C26H24F2N2O4. The standard InChI is InChI=1S/C26H24F2N2O4/c27-16-12-15(13-17(28)14-16)21-5-7-23-30(21)25(33)26(34-23)8-10-29(11-9-26)24(32)20-3-1-2-19-18(20)4-6-22(19)31/h1-3,12-14,21,23H,4-11H2. The van der Waals surface area contributed by atoms with E-state index in [1.807, 2.05) is 0 Å². The van der Waals surface area contributed by atoms with Crippen molar-refractivity contribution in [2.45, 2.75) is 56.4 Å².